The topological polar surface area (TPSA) is 66.9 Å². The van der Waals surface area contributed by atoms with Crippen LogP contribution in [-0.2, 0) is 13.0 Å². The van der Waals surface area contributed by atoms with E-state index in [-0.39, 0.29) is 11.7 Å². The molecule has 3 rings (SSSR count). The van der Waals surface area contributed by atoms with Crippen LogP contribution in [0.3, 0.4) is 0 Å². The van der Waals surface area contributed by atoms with Gasteiger partial charge in [-0.1, -0.05) is 12.1 Å². The number of hydrogen-bond donors (Lipinski definition) is 2. The van der Waals surface area contributed by atoms with Gasteiger partial charge in [-0.15, -0.1) is 0 Å². The zero-order valence-corrected chi connectivity index (χ0v) is 12.0. The van der Waals surface area contributed by atoms with Crippen LogP contribution in [0.5, 0.6) is 0 Å². The van der Waals surface area contributed by atoms with Gasteiger partial charge >= 0.3 is 0 Å². The second kappa shape index (κ2) is 5.91. The highest BCUT2D eigenvalue weighted by atomic mass is 16.2. The molecule has 2 heterocycles. The number of aromatic nitrogens is 2. The summed E-state index contributed by atoms with van der Waals surface area (Å²) in [5, 5.41) is 6.29. The molecule has 0 aliphatic carbocycles. The Morgan fingerprint density at radius 2 is 2.29 bits per heavy atom. The molecule has 0 spiro atoms. The maximum atomic E-state index is 12.1. The van der Waals surface area contributed by atoms with Gasteiger partial charge in [-0.2, -0.15) is 0 Å². The summed E-state index contributed by atoms with van der Waals surface area (Å²) >= 11 is 0. The molecule has 0 unspecified atom stereocenters. The summed E-state index contributed by atoms with van der Waals surface area (Å²) in [5.41, 5.74) is 4.42. The predicted molar refractivity (Wildman–Crippen MR) is 81.2 cm³/mol. The van der Waals surface area contributed by atoms with Gasteiger partial charge in [-0.25, -0.2) is 9.97 Å². The van der Waals surface area contributed by atoms with Crippen LogP contribution in [0.15, 0.2) is 30.5 Å². The van der Waals surface area contributed by atoms with Crippen LogP contribution in [-0.4, -0.2) is 22.4 Å². The Balaban J connectivity index is 1.72. The minimum Gasteiger partial charge on any atom is -0.385 e. The van der Waals surface area contributed by atoms with Gasteiger partial charge in [0.15, 0.2) is 0 Å². The molecule has 2 aromatic rings. The van der Waals surface area contributed by atoms with Crippen molar-refractivity contribution in [3.05, 3.63) is 53.1 Å². The van der Waals surface area contributed by atoms with E-state index >= 15 is 0 Å². The number of rotatable bonds is 3. The number of hydrogen-bond acceptors (Lipinski definition) is 4. The first-order chi connectivity index (χ1) is 10.2. The van der Waals surface area contributed by atoms with E-state index in [0.29, 0.717) is 6.54 Å². The average Bonchev–Trinajstić information content (AvgIpc) is 2.52. The highest BCUT2D eigenvalue weighted by Gasteiger charge is 2.14. The quantitative estimate of drug-likeness (QED) is 0.904. The van der Waals surface area contributed by atoms with Gasteiger partial charge in [0.2, 0.25) is 5.82 Å². The Hall–Kier alpha value is -2.43. The maximum absolute atomic E-state index is 12.1. The van der Waals surface area contributed by atoms with Crippen LogP contribution >= 0.6 is 0 Å². The molecule has 0 saturated heterocycles. The van der Waals surface area contributed by atoms with E-state index in [0.717, 1.165) is 30.6 Å². The molecule has 5 heteroatoms. The number of nitrogens with one attached hydrogen (secondary N) is 2. The fourth-order valence-electron chi connectivity index (χ4n) is 2.56. The molecule has 0 saturated carbocycles. The summed E-state index contributed by atoms with van der Waals surface area (Å²) in [6.07, 6.45) is 3.78. The monoisotopic (exact) mass is 282 g/mol. The number of fused-ring (bicyclic) bond motifs is 1. The normalized spacial score (nSPS) is 13.2. The first-order valence-corrected chi connectivity index (χ1v) is 7.16. The highest BCUT2D eigenvalue weighted by molar-refractivity contribution is 5.90. The first kappa shape index (κ1) is 13.5. The molecule has 1 aliphatic rings. The van der Waals surface area contributed by atoms with Gasteiger partial charge in [-0.3, -0.25) is 4.79 Å². The lowest BCUT2D eigenvalue weighted by Gasteiger charge is -2.21. The second-order valence-electron chi connectivity index (χ2n) is 5.18. The van der Waals surface area contributed by atoms with Crippen molar-refractivity contribution in [1.82, 2.24) is 15.3 Å². The Morgan fingerprint density at radius 3 is 3.14 bits per heavy atom. The molecule has 108 valence electrons. The Morgan fingerprint density at radius 1 is 1.38 bits per heavy atom. The fraction of sp³-hybridized carbons (Fsp3) is 0.312. The van der Waals surface area contributed by atoms with Crippen molar-refractivity contribution in [2.45, 2.75) is 26.3 Å². The average molecular weight is 282 g/mol. The maximum Gasteiger partial charge on any atom is 0.289 e. The molecule has 0 fully saturated rings. The van der Waals surface area contributed by atoms with Crippen molar-refractivity contribution in [2.24, 2.45) is 0 Å². The largest absolute Gasteiger partial charge is 0.385 e. The van der Waals surface area contributed by atoms with Crippen LogP contribution in [0.4, 0.5) is 5.69 Å². The Labute approximate surface area is 123 Å². The molecule has 1 amide bonds. The van der Waals surface area contributed by atoms with E-state index in [2.05, 4.69) is 32.7 Å². The third kappa shape index (κ3) is 3.02. The number of amides is 1. The smallest absolute Gasteiger partial charge is 0.289 e. The van der Waals surface area contributed by atoms with E-state index in [1.807, 2.05) is 13.0 Å². The molecule has 0 atom stereocenters. The number of nitrogens with zero attached hydrogens (tertiary/aromatic N) is 2. The van der Waals surface area contributed by atoms with E-state index in [4.69, 9.17) is 0 Å². The molecule has 0 bridgehead atoms. The van der Waals surface area contributed by atoms with Gasteiger partial charge in [0.05, 0.1) is 0 Å². The summed E-state index contributed by atoms with van der Waals surface area (Å²) < 4.78 is 0. The second-order valence-corrected chi connectivity index (χ2v) is 5.18. The Kier molecular flexibility index (Phi) is 3.81. The summed E-state index contributed by atoms with van der Waals surface area (Å²) in [5.74, 6) is -0.0157. The van der Waals surface area contributed by atoms with Gasteiger partial charge in [0, 0.05) is 30.7 Å². The van der Waals surface area contributed by atoms with Crippen LogP contribution in [0.1, 0.15) is 33.9 Å². The molecule has 2 N–H and O–H groups in total. The number of aryl methyl sites for hydroxylation is 1. The zero-order chi connectivity index (χ0) is 14.7. The van der Waals surface area contributed by atoms with Crippen molar-refractivity contribution >= 4 is 11.6 Å². The summed E-state index contributed by atoms with van der Waals surface area (Å²) in [7, 11) is 0. The Bertz CT molecular complexity index is 669. The minimum absolute atomic E-state index is 0.220. The molecule has 1 aromatic heterocycles. The van der Waals surface area contributed by atoms with Crippen LogP contribution in [0.25, 0.3) is 0 Å². The number of carbonyl (C=O) groups is 1. The highest BCUT2D eigenvalue weighted by Crippen LogP contribution is 2.25. The summed E-state index contributed by atoms with van der Waals surface area (Å²) in [6.45, 7) is 3.36. The third-order valence-electron chi connectivity index (χ3n) is 3.63. The van der Waals surface area contributed by atoms with Gasteiger partial charge < -0.3 is 10.6 Å². The zero-order valence-electron chi connectivity index (χ0n) is 12.0. The van der Waals surface area contributed by atoms with Crippen molar-refractivity contribution < 1.29 is 4.79 Å². The van der Waals surface area contributed by atoms with Crippen LogP contribution in [0, 0.1) is 6.92 Å². The SMILES string of the molecule is Cc1ccnc(C(=O)NCc2cccc3c2CCCN3)n1. The minimum atomic E-state index is -0.236. The number of benzene rings is 1. The summed E-state index contributed by atoms with van der Waals surface area (Å²) in [6, 6.07) is 7.94. The van der Waals surface area contributed by atoms with E-state index in [1.165, 1.54) is 11.3 Å². The summed E-state index contributed by atoms with van der Waals surface area (Å²) in [4.78, 5) is 20.2. The van der Waals surface area contributed by atoms with E-state index in [9.17, 15) is 4.79 Å². The van der Waals surface area contributed by atoms with E-state index < -0.39 is 0 Å². The third-order valence-corrected chi connectivity index (χ3v) is 3.63. The molecule has 5 nitrogen and oxygen atoms in total. The predicted octanol–water partition coefficient (Wildman–Crippen LogP) is 2.07. The first-order valence-electron chi connectivity index (χ1n) is 7.16. The van der Waals surface area contributed by atoms with Crippen molar-refractivity contribution in [3.8, 4) is 0 Å². The van der Waals surface area contributed by atoms with Crippen molar-refractivity contribution in [2.75, 3.05) is 11.9 Å². The molecule has 21 heavy (non-hydrogen) atoms. The molecule has 1 aromatic carbocycles. The standard InChI is InChI=1S/C16H18N4O/c1-11-7-9-18-15(20-11)16(21)19-10-12-4-2-6-14-13(12)5-3-8-17-14/h2,4,6-7,9,17H,3,5,8,10H2,1H3,(H,19,21). The van der Waals surface area contributed by atoms with Crippen LogP contribution in [0.2, 0.25) is 0 Å². The lowest BCUT2D eigenvalue weighted by Crippen LogP contribution is -2.26. The fourth-order valence-corrected chi connectivity index (χ4v) is 2.56. The molecule has 1 aliphatic heterocycles. The number of anilines is 1. The lowest BCUT2D eigenvalue weighted by molar-refractivity contribution is 0.0940. The molecule has 0 radical (unpaired) electrons. The lowest BCUT2D eigenvalue weighted by atomic mass is 9.97. The van der Waals surface area contributed by atoms with Gasteiger partial charge in [0.1, 0.15) is 0 Å². The van der Waals surface area contributed by atoms with Crippen molar-refractivity contribution in [3.63, 3.8) is 0 Å². The van der Waals surface area contributed by atoms with Gasteiger partial charge in [0.25, 0.3) is 5.91 Å². The van der Waals surface area contributed by atoms with Gasteiger partial charge in [-0.05, 0) is 43.0 Å². The number of carbonyl (C=O) groups excluding carboxylic acids is 1. The van der Waals surface area contributed by atoms with E-state index in [1.54, 1.807) is 12.3 Å². The van der Waals surface area contributed by atoms with Crippen LogP contribution < -0.4 is 10.6 Å². The molecular formula is C16H18N4O. The van der Waals surface area contributed by atoms with Crippen molar-refractivity contribution in [1.29, 1.82) is 0 Å². The molecular weight excluding hydrogens is 264 g/mol.